The van der Waals surface area contributed by atoms with Crippen LogP contribution in [0.25, 0.3) is 10.6 Å². The van der Waals surface area contributed by atoms with E-state index in [0.29, 0.717) is 28.1 Å². The molecule has 0 radical (unpaired) electrons. The highest BCUT2D eigenvalue weighted by molar-refractivity contribution is 7.17. The summed E-state index contributed by atoms with van der Waals surface area (Å²) in [4.78, 5) is 20.2. The van der Waals surface area contributed by atoms with Gasteiger partial charge >= 0.3 is 0 Å². The summed E-state index contributed by atoms with van der Waals surface area (Å²) in [7, 11) is 0. The van der Waals surface area contributed by atoms with Gasteiger partial charge in [0.2, 0.25) is 0 Å². The van der Waals surface area contributed by atoms with E-state index < -0.39 is 0 Å². The second kappa shape index (κ2) is 5.25. The molecule has 0 aliphatic carbocycles. The summed E-state index contributed by atoms with van der Waals surface area (Å²) < 4.78 is 5.36. The van der Waals surface area contributed by atoms with Crippen molar-refractivity contribution in [2.24, 2.45) is 0 Å². The zero-order valence-corrected chi connectivity index (χ0v) is 10.6. The summed E-state index contributed by atoms with van der Waals surface area (Å²) >= 11 is 7.11. The Labute approximate surface area is 107 Å². The molecule has 0 bridgehead atoms. The van der Waals surface area contributed by atoms with Crippen molar-refractivity contribution in [3.63, 3.8) is 0 Å². The molecule has 0 N–H and O–H groups in total. The van der Waals surface area contributed by atoms with E-state index in [2.05, 4.69) is 9.97 Å². The lowest BCUT2D eigenvalue weighted by atomic mass is 10.3. The Morgan fingerprint density at radius 3 is 2.94 bits per heavy atom. The third-order valence-corrected chi connectivity index (χ3v) is 3.29. The zero-order chi connectivity index (χ0) is 12.3. The topological polar surface area (TPSA) is 52.1 Å². The number of aromatic nitrogens is 2. The Morgan fingerprint density at radius 2 is 2.29 bits per heavy atom. The van der Waals surface area contributed by atoms with Gasteiger partial charge in [0.25, 0.3) is 0 Å². The van der Waals surface area contributed by atoms with Crippen LogP contribution in [0.1, 0.15) is 16.6 Å². The molecule has 17 heavy (non-hydrogen) atoms. The van der Waals surface area contributed by atoms with Gasteiger partial charge < -0.3 is 4.74 Å². The first-order valence-corrected chi connectivity index (χ1v) is 6.13. The fourth-order valence-electron chi connectivity index (χ4n) is 1.33. The van der Waals surface area contributed by atoms with Gasteiger partial charge in [0, 0.05) is 12.1 Å². The first-order valence-electron chi connectivity index (χ1n) is 4.94. The minimum Gasteiger partial charge on any atom is -0.492 e. The van der Waals surface area contributed by atoms with Crippen LogP contribution >= 0.6 is 22.9 Å². The number of halogens is 1. The predicted molar refractivity (Wildman–Crippen MR) is 66.9 cm³/mol. The highest BCUT2D eigenvalue weighted by Gasteiger charge is 2.12. The molecule has 0 amide bonds. The van der Waals surface area contributed by atoms with Crippen LogP contribution < -0.4 is 4.74 Å². The molecule has 0 aliphatic rings. The smallest absolute Gasteiger partial charge is 0.163 e. The van der Waals surface area contributed by atoms with E-state index in [1.807, 2.05) is 6.92 Å². The Kier molecular flexibility index (Phi) is 3.71. The second-order valence-corrected chi connectivity index (χ2v) is 4.59. The summed E-state index contributed by atoms with van der Waals surface area (Å²) in [5.41, 5.74) is 0.684. The summed E-state index contributed by atoms with van der Waals surface area (Å²) in [5, 5.41) is 0.369. The van der Waals surface area contributed by atoms with Crippen LogP contribution in [-0.2, 0) is 0 Å². The molecule has 0 saturated carbocycles. The van der Waals surface area contributed by atoms with Gasteiger partial charge in [-0.15, -0.1) is 11.3 Å². The van der Waals surface area contributed by atoms with Crippen molar-refractivity contribution in [2.45, 2.75) is 6.92 Å². The average molecular weight is 269 g/mol. The fourth-order valence-corrected chi connectivity index (χ4v) is 2.37. The van der Waals surface area contributed by atoms with Gasteiger partial charge in [-0.2, -0.15) is 0 Å². The highest BCUT2D eigenvalue weighted by Crippen LogP contribution is 2.34. The summed E-state index contributed by atoms with van der Waals surface area (Å²) in [6, 6.07) is 3.44. The SMILES string of the molecule is CCOc1cc(-c2cc(Cl)ncn2)sc1C=O. The highest BCUT2D eigenvalue weighted by atomic mass is 35.5. The van der Waals surface area contributed by atoms with Crippen LogP contribution in [-0.4, -0.2) is 22.9 Å². The molecule has 0 aliphatic heterocycles. The van der Waals surface area contributed by atoms with Gasteiger partial charge in [-0.1, -0.05) is 11.6 Å². The normalized spacial score (nSPS) is 10.2. The fraction of sp³-hybridized carbons (Fsp3) is 0.182. The van der Waals surface area contributed by atoms with E-state index in [9.17, 15) is 4.79 Å². The number of thiophene rings is 1. The van der Waals surface area contributed by atoms with E-state index in [0.717, 1.165) is 11.2 Å². The van der Waals surface area contributed by atoms with Crippen molar-refractivity contribution in [3.05, 3.63) is 28.5 Å². The monoisotopic (exact) mass is 268 g/mol. The number of nitrogens with zero attached hydrogens (tertiary/aromatic N) is 2. The Balaban J connectivity index is 2.42. The van der Waals surface area contributed by atoms with Crippen LogP contribution in [0.5, 0.6) is 5.75 Å². The molecule has 2 aromatic rings. The summed E-state index contributed by atoms with van der Waals surface area (Å²) in [5.74, 6) is 0.581. The van der Waals surface area contributed by atoms with Crippen molar-refractivity contribution in [3.8, 4) is 16.3 Å². The van der Waals surface area contributed by atoms with Crippen molar-refractivity contribution in [1.82, 2.24) is 9.97 Å². The molecule has 0 unspecified atom stereocenters. The minimum atomic E-state index is 0.369. The lowest BCUT2D eigenvalue weighted by Crippen LogP contribution is -1.91. The van der Waals surface area contributed by atoms with Gasteiger partial charge in [-0.05, 0) is 6.92 Å². The Morgan fingerprint density at radius 1 is 1.47 bits per heavy atom. The second-order valence-electron chi connectivity index (χ2n) is 3.12. The largest absolute Gasteiger partial charge is 0.492 e. The van der Waals surface area contributed by atoms with Crippen molar-refractivity contribution < 1.29 is 9.53 Å². The molecule has 0 saturated heterocycles. The molecule has 88 valence electrons. The Hall–Kier alpha value is -1.46. The molecule has 4 nitrogen and oxygen atoms in total. The molecule has 0 fully saturated rings. The van der Waals surface area contributed by atoms with Crippen LogP contribution in [0, 0.1) is 0 Å². The van der Waals surface area contributed by atoms with Gasteiger partial charge in [0.05, 0.1) is 17.2 Å². The molecule has 2 rings (SSSR count). The van der Waals surface area contributed by atoms with Gasteiger partial charge in [-0.3, -0.25) is 4.79 Å². The standard InChI is InChI=1S/C11H9ClN2O2S/c1-2-16-8-4-9(17-10(8)5-15)7-3-11(12)14-6-13-7/h3-6H,2H2,1H3. The van der Waals surface area contributed by atoms with Crippen molar-refractivity contribution >= 4 is 29.2 Å². The molecule has 0 atom stereocenters. The van der Waals surface area contributed by atoms with Crippen molar-refractivity contribution in [1.29, 1.82) is 0 Å². The zero-order valence-electron chi connectivity index (χ0n) is 9.01. The van der Waals surface area contributed by atoms with Crippen LogP contribution in [0.2, 0.25) is 5.15 Å². The maximum Gasteiger partial charge on any atom is 0.163 e. The van der Waals surface area contributed by atoms with E-state index in [1.165, 1.54) is 17.7 Å². The number of aldehydes is 1. The maximum absolute atomic E-state index is 10.9. The first-order chi connectivity index (χ1) is 8.24. The molecular formula is C11H9ClN2O2S. The first kappa shape index (κ1) is 12.0. The molecule has 2 aromatic heterocycles. The van der Waals surface area contributed by atoms with Crippen LogP contribution in [0.3, 0.4) is 0 Å². The average Bonchev–Trinajstić information content (AvgIpc) is 2.73. The summed E-state index contributed by atoms with van der Waals surface area (Å²) in [6.45, 7) is 2.38. The number of ether oxygens (including phenoxy) is 1. The third kappa shape index (κ3) is 2.62. The maximum atomic E-state index is 10.9. The molecule has 2 heterocycles. The quantitative estimate of drug-likeness (QED) is 0.632. The number of hydrogen-bond acceptors (Lipinski definition) is 5. The minimum absolute atomic E-state index is 0.369. The lowest BCUT2D eigenvalue weighted by molar-refractivity contribution is 0.112. The summed E-state index contributed by atoms with van der Waals surface area (Å²) in [6.07, 6.45) is 2.17. The number of carbonyl (C=O) groups is 1. The number of rotatable bonds is 4. The molecule has 0 aromatic carbocycles. The van der Waals surface area contributed by atoms with E-state index in [1.54, 1.807) is 12.1 Å². The Bertz CT molecular complexity index is 542. The van der Waals surface area contributed by atoms with Crippen LogP contribution in [0.4, 0.5) is 0 Å². The van der Waals surface area contributed by atoms with Gasteiger partial charge in [-0.25, -0.2) is 9.97 Å². The number of carbonyl (C=O) groups excluding carboxylic acids is 1. The predicted octanol–water partition coefficient (Wildman–Crippen LogP) is 3.07. The van der Waals surface area contributed by atoms with E-state index in [4.69, 9.17) is 16.3 Å². The van der Waals surface area contributed by atoms with E-state index in [-0.39, 0.29) is 0 Å². The van der Waals surface area contributed by atoms with E-state index >= 15 is 0 Å². The van der Waals surface area contributed by atoms with Crippen LogP contribution in [0.15, 0.2) is 18.5 Å². The molecule has 0 spiro atoms. The van der Waals surface area contributed by atoms with Gasteiger partial charge in [0.1, 0.15) is 22.1 Å². The molecule has 6 heteroatoms. The third-order valence-electron chi connectivity index (χ3n) is 2.02. The number of hydrogen-bond donors (Lipinski definition) is 0. The lowest BCUT2D eigenvalue weighted by Gasteiger charge is -1.98. The van der Waals surface area contributed by atoms with Gasteiger partial charge in [0.15, 0.2) is 6.29 Å². The van der Waals surface area contributed by atoms with Crippen molar-refractivity contribution in [2.75, 3.05) is 6.61 Å². The molecular weight excluding hydrogens is 260 g/mol.